The van der Waals surface area contributed by atoms with Crippen molar-refractivity contribution >= 4 is 39.3 Å². The highest BCUT2D eigenvalue weighted by atomic mass is 79.9. The number of amides is 1. The highest BCUT2D eigenvalue weighted by Crippen LogP contribution is 2.26. The summed E-state index contributed by atoms with van der Waals surface area (Å²) >= 11 is 4.40. The summed E-state index contributed by atoms with van der Waals surface area (Å²) in [5.41, 5.74) is 0.990. The fraction of sp³-hybridized carbons (Fsp3) is 0.188. The van der Waals surface area contributed by atoms with E-state index in [1.54, 1.807) is 16.9 Å². The van der Waals surface area contributed by atoms with E-state index in [0.717, 1.165) is 11.3 Å². The van der Waals surface area contributed by atoms with Crippen LogP contribution in [0.4, 0.5) is 10.1 Å². The van der Waals surface area contributed by atoms with Gasteiger partial charge in [-0.25, -0.2) is 4.39 Å². The SMILES string of the molecule is Cc1occc1-c1nnc(SCC(=O)Nc2ccc(Br)cc2F)n1C. The van der Waals surface area contributed by atoms with Crippen LogP contribution >= 0.6 is 27.7 Å². The predicted molar refractivity (Wildman–Crippen MR) is 96.9 cm³/mol. The van der Waals surface area contributed by atoms with Gasteiger partial charge < -0.3 is 14.3 Å². The molecule has 1 amide bonds. The molecule has 0 unspecified atom stereocenters. The molecule has 0 aliphatic heterocycles. The van der Waals surface area contributed by atoms with Crippen molar-refractivity contribution in [3.63, 3.8) is 0 Å². The molecule has 0 radical (unpaired) electrons. The molecule has 2 heterocycles. The Morgan fingerprint density at radius 2 is 2.20 bits per heavy atom. The van der Waals surface area contributed by atoms with Crippen molar-refractivity contribution in [2.45, 2.75) is 12.1 Å². The number of carbonyl (C=O) groups is 1. The molecule has 0 aliphatic carbocycles. The Labute approximate surface area is 155 Å². The molecule has 3 rings (SSSR count). The summed E-state index contributed by atoms with van der Waals surface area (Å²) in [5.74, 6) is 0.675. The van der Waals surface area contributed by atoms with Gasteiger partial charge in [0.05, 0.1) is 23.3 Å². The third kappa shape index (κ3) is 3.93. The maximum Gasteiger partial charge on any atom is 0.234 e. The van der Waals surface area contributed by atoms with Crippen molar-refractivity contribution < 1.29 is 13.6 Å². The molecule has 2 aromatic heterocycles. The summed E-state index contributed by atoms with van der Waals surface area (Å²) in [6.07, 6.45) is 1.59. The lowest BCUT2D eigenvalue weighted by atomic mass is 10.2. The van der Waals surface area contributed by atoms with Gasteiger partial charge >= 0.3 is 0 Å². The number of anilines is 1. The molecule has 0 aliphatic rings. The third-order valence-corrected chi connectivity index (χ3v) is 4.99. The number of carbonyl (C=O) groups excluding carboxylic acids is 1. The Morgan fingerprint density at radius 3 is 2.88 bits per heavy atom. The number of aromatic nitrogens is 3. The zero-order chi connectivity index (χ0) is 18.0. The second kappa shape index (κ2) is 7.40. The second-order valence-electron chi connectivity index (χ2n) is 5.22. The number of nitrogens with one attached hydrogen (secondary N) is 1. The number of rotatable bonds is 5. The average Bonchev–Trinajstić information content (AvgIpc) is 3.14. The summed E-state index contributed by atoms with van der Waals surface area (Å²) < 4.78 is 21.4. The first-order chi connectivity index (χ1) is 12.0. The van der Waals surface area contributed by atoms with Crippen LogP contribution in [0.25, 0.3) is 11.4 Å². The molecule has 0 bridgehead atoms. The van der Waals surface area contributed by atoms with Gasteiger partial charge in [0.15, 0.2) is 11.0 Å². The molecule has 6 nitrogen and oxygen atoms in total. The number of furan rings is 1. The average molecular weight is 425 g/mol. The van der Waals surface area contributed by atoms with Crippen molar-refractivity contribution in [3.05, 3.63) is 46.6 Å². The van der Waals surface area contributed by atoms with Gasteiger partial charge in [-0.2, -0.15) is 0 Å². The van der Waals surface area contributed by atoms with E-state index >= 15 is 0 Å². The smallest absolute Gasteiger partial charge is 0.234 e. The standard InChI is InChI=1S/C16H14BrFN4O2S/c1-9-11(5-6-24-9)15-20-21-16(22(15)2)25-8-14(23)19-13-4-3-10(17)7-12(13)18/h3-7H,8H2,1-2H3,(H,19,23). The molecule has 1 N–H and O–H groups in total. The van der Waals surface area contributed by atoms with E-state index < -0.39 is 5.82 Å². The summed E-state index contributed by atoms with van der Waals surface area (Å²) in [7, 11) is 1.82. The monoisotopic (exact) mass is 424 g/mol. The van der Waals surface area contributed by atoms with Gasteiger partial charge in [-0.15, -0.1) is 10.2 Å². The minimum absolute atomic E-state index is 0.0891. The van der Waals surface area contributed by atoms with E-state index in [2.05, 4.69) is 31.4 Å². The van der Waals surface area contributed by atoms with E-state index in [-0.39, 0.29) is 17.3 Å². The summed E-state index contributed by atoms with van der Waals surface area (Å²) in [5, 5.41) is 11.4. The van der Waals surface area contributed by atoms with Crippen molar-refractivity contribution in [3.8, 4) is 11.4 Å². The highest BCUT2D eigenvalue weighted by molar-refractivity contribution is 9.10. The quantitative estimate of drug-likeness (QED) is 0.626. The summed E-state index contributed by atoms with van der Waals surface area (Å²) in [6.45, 7) is 1.84. The molecule has 130 valence electrons. The maximum atomic E-state index is 13.7. The normalized spacial score (nSPS) is 10.9. The molecule has 0 saturated carbocycles. The van der Waals surface area contributed by atoms with Gasteiger partial charge in [0.1, 0.15) is 11.6 Å². The largest absolute Gasteiger partial charge is 0.469 e. The lowest BCUT2D eigenvalue weighted by Crippen LogP contribution is -2.15. The molecule has 1 aromatic carbocycles. The number of benzene rings is 1. The Kier molecular flexibility index (Phi) is 5.24. The Bertz CT molecular complexity index is 925. The van der Waals surface area contributed by atoms with E-state index in [1.807, 2.05) is 20.0 Å². The number of hydrogen-bond acceptors (Lipinski definition) is 5. The predicted octanol–water partition coefficient (Wildman–Crippen LogP) is 4.02. The summed E-state index contributed by atoms with van der Waals surface area (Å²) in [4.78, 5) is 12.0. The third-order valence-electron chi connectivity index (χ3n) is 3.47. The molecule has 0 fully saturated rings. The number of nitrogens with zero attached hydrogens (tertiary/aromatic N) is 3. The first kappa shape index (κ1) is 17.7. The van der Waals surface area contributed by atoms with Crippen LogP contribution in [0.5, 0.6) is 0 Å². The first-order valence-electron chi connectivity index (χ1n) is 7.27. The zero-order valence-electron chi connectivity index (χ0n) is 13.4. The molecule has 25 heavy (non-hydrogen) atoms. The molecule has 0 atom stereocenters. The van der Waals surface area contributed by atoms with Crippen LogP contribution in [-0.4, -0.2) is 26.4 Å². The van der Waals surface area contributed by atoms with Crippen molar-refractivity contribution in [2.75, 3.05) is 11.1 Å². The topological polar surface area (TPSA) is 72.9 Å². The van der Waals surface area contributed by atoms with E-state index in [4.69, 9.17) is 4.42 Å². The Morgan fingerprint density at radius 1 is 1.40 bits per heavy atom. The van der Waals surface area contributed by atoms with Crippen LogP contribution in [0.3, 0.4) is 0 Å². The maximum absolute atomic E-state index is 13.7. The van der Waals surface area contributed by atoms with Crippen LogP contribution in [-0.2, 0) is 11.8 Å². The van der Waals surface area contributed by atoms with E-state index in [0.29, 0.717) is 15.5 Å². The van der Waals surface area contributed by atoms with Crippen LogP contribution in [0.15, 0.2) is 44.6 Å². The van der Waals surface area contributed by atoms with Gasteiger partial charge in [-0.05, 0) is 31.2 Å². The number of hydrogen-bond donors (Lipinski definition) is 1. The zero-order valence-corrected chi connectivity index (χ0v) is 15.8. The number of aryl methyl sites for hydroxylation is 1. The van der Waals surface area contributed by atoms with Crippen molar-refractivity contribution in [1.82, 2.24) is 14.8 Å². The molecular weight excluding hydrogens is 411 g/mol. The minimum Gasteiger partial charge on any atom is -0.469 e. The molecule has 0 spiro atoms. The van der Waals surface area contributed by atoms with Gasteiger partial charge in [0, 0.05) is 11.5 Å². The van der Waals surface area contributed by atoms with Crippen molar-refractivity contribution in [2.24, 2.45) is 7.05 Å². The lowest BCUT2D eigenvalue weighted by Gasteiger charge is -2.07. The fourth-order valence-electron chi connectivity index (χ4n) is 2.20. The fourth-order valence-corrected chi connectivity index (χ4v) is 3.24. The van der Waals surface area contributed by atoms with Crippen molar-refractivity contribution in [1.29, 1.82) is 0 Å². The van der Waals surface area contributed by atoms with Crippen LogP contribution in [0.1, 0.15) is 5.76 Å². The Balaban J connectivity index is 1.65. The van der Waals surface area contributed by atoms with Crippen LogP contribution < -0.4 is 5.32 Å². The number of thioether (sulfide) groups is 1. The van der Waals surface area contributed by atoms with Gasteiger partial charge in [0.2, 0.25) is 5.91 Å². The van der Waals surface area contributed by atoms with Gasteiger partial charge in [-0.3, -0.25) is 4.79 Å². The highest BCUT2D eigenvalue weighted by Gasteiger charge is 2.16. The first-order valence-corrected chi connectivity index (χ1v) is 9.05. The van der Waals surface area contributed by atoms with Crippen LogP contribution in [0.2, 0.25) is 0 Å². The molecule has 3 aromatic rings. The van der Waals surface area contributed by atoms with E-state index in [9.17, 15) is 9.18 Å². The molecule has 0 saturated heterocycles. The van der Waals surface area contributed by atoms with Gasteiger partial charge in [0.25, 0.3) is 0 Å². The Hall–Kier alpha value is -2.13. The molecular formula is C16H14BrFN4O2S. The minimum atomic E-state index is -0.496. The molecule has 9 heteroatoms. The van der Waals surface area contributed by atoms with Gasteiger partial charge in [-0.1, -0.05) is 27.7 Å². The second-order valence-corrected chi connectivity index (χ2v) is 7.07. The van der Waals surface area contributed by atoms with E-state index in [1.165, 1.54) is 23.9 Å². The van der Waals surface area contributed by atoms with Crippen LogP contribution in [0, 0.1) is 12.7 Å². The number of halogens is 2. The summed E-state index contributed by atoms with van der Waals surface area (Å²) in [6, 6.07) is 6.28. The lowest BCUT2D eigenvalue weighted by molar-refractivity contribution is -0.113.